The van der Waals surface area contributed by atoms with Crippen molar-refractivity contribution in [3.05, 3.63) is 29.3 Å². The Morgan fingerprint density at radius 1 is 1.45 bits per heavy atom. The Bertz CT molecular complexity index is 479. The number of hydrogen-bond acceptors (Lipinski definition) is 3. The molecule has 1 saturated heterocycles. The maximum Gasteiger partial charge on any atom is 0.225 e. The van der Waals surface area contributed by atoms with Gasteiger partial charge in [-0.05, 0) is 37.6 Å². The smallest absolute Gasteiger partial charge is 0.225 e. The maximum absolute atomic E-state index is 11.9. The van der Waals surface area contributed by atoms with Crippen molar-refractivity contribution in [3.8, 4) is 0 Å². The Morgan fingerprint density at radius 2 is 2.30 bits per heavy atom. The van der Waals surface area contributed by atoms with E-state index in [-0.39, 0.29) is 11.9 Å². The zero-order valence-corrected chi connectivity index (χ0v) is 12.1. The van der Waals surface area contributed by atoms with Crippen molar-refractivity contribution in [1.29, 1.82) is 0 Å². The van der Waals surface area contributed by atoms with E-state index in [4.69, 9.17) is 11.6 Å². The normalized spacial score (nSPS) is 19.6. The number of likely N-dealkylation sites (tertiary alicyclic amines) is 1. The zero-order valence-electron chi connectivity index (χ0n) is 11.3. The van der Waals surface area contributed by atoms with Crippen molar-refractivity contribution in [2.75, 3.05) is 18.4 Å². The molecule has 1 aromatic rings. The highest BCUT2D eigenvalue weighted by atomic mass is 35.5. The Kier molecular flexibility index (Phi) is 5.56. The first-order valence-corrected chi connectivity index (χ1v) is 7.31. The molecule has 1 aliphatic heterocycles. The van der Waals surface area contributed by atoms with Gasteiger partial charge in [-0.2, -0.15) is 0 Å². The van der Waals surface area contributed by atoms with Gasteiger partial charge in [-0.3, -0.25) is 9.69 Å². The van der Waals surface area contributed by atoms with Gasteiger partial charge < -0.3 is 10.1 Å². The van der Waals surface area contributed by atoms with Crippen LogP contribution in [0.2, 0.25) is 5.02 Å². The molecule has 1 atom stereocenters. The van der Waals surface area contributed by atoms with Crippen LogP contribution in [0.3, 0.4) is 0 Å². The second kappa shape index (κ2) is 7.41. The number of nitrogens with zero attached hydrogens (tertiary/aromatic N) is 1. The monoisotopic (exact) mass is 294 g/mol. The number of aldehydes is 1. The van der Waals surface area contributed by atoms with Crippen molar-refractivity contribution in [2.24, 2.45) is 0 Å². The van der Waals surface area contributed by atoms with E-state index < -0.39 is 0 Å². The second-order valence-corrected chi connectivity index (χ2v) is 5.48. The fourth-order valence-electron chi connectivity index (χ4n) is 2.48. The van der Waals surface area contributed by atoms with Crippen molar-refractivity contribution >= 4 is 29.5 Å². The summed E-state index contributed by atoms with van der Waals surface area (Å²) in [6.07, 6.45) is 4.47. The van der Waals surface area contributed by atoms with Crippen LogP contribution < -0.4 is 5.32 Å². The first-order chi connectivity index (χ1) is 9.69. The molecule has 1 aromatic carbocycles. The van der Waals surface area contributed by atoms with E-state index in [1.807, 2.05) is 0 Å². The number of carbonyl (C=O) groups is 2. The number of halogens is 1. The SMILES string of the molecule is O=CC1CCCCN1CCC(=O)Nc1cccc(Cl)c1. The van der Waals surface area contributed by atoms with Gasteiger partial charge in [0, 0.05) is 23.7 Å². The number of anilines is 1. The molecule has 0 spiro atoms. The minimum absolute atomic E-state index is 0.0253. The summed E-state index contributed by atoms with van der Waals surface area (Å²) >= 11 is 5.87. The summed E-state index contributed by atoms with van der Waals surface area (Å²) in [6.45, 7) is 1.52. The molecule has 1 N–H and O–H groups in total. The van der Waals surface area contributed by atoms with E-state index >= 15 is 0 Å². The van der Waals surface area contributed by atoms with Crippen LogP contribution in [0.4, 0.5) is 5.69 Å². The number of amides is 1. The lowest BCUT2D eigenvalue weighted by molar-refractivity contribution is -0.118. The molecule has 0 aliphatic carbocycles. The highest BCUT2D eigenvalue weighted by Crippen LogP contribution is 2.17. The zero-order chi connectivity index (χ0) is 14.4. The lowest BCUT2D eigenvalue weighted by Gasteiger charge is -2.31. The third kappa shape index (κ3) is 4.32. The Hall–Kier alpha value is -1.39. The van der Waals surface area contributed by atoms with E-state index in [9.17, 15) is 9.59 Å². The number of nitrogens with one attached hydrogen (secondary N) is 1. The van der Waals surface area contributed by atoms with E-state index in [0.717, 1.165) is 32.1 Å². The summed E-state index contributed by atoms with van der Waals surface area (Å²) in [5.74, 6) is -0.0533. The van der Waals surface area contributed by atoms with Crippen molar-refractivity contribution in [2.45, 2.75) is 31.7 Å². The molecule has 1 heterocycles. The van der Waals surface area contributed by atoms with Crippen molar-refractivity contribution in [3.63, 3.8) is 0 Å². The first-order valence-electron chi connectivity index (χ1n) is 6.94. The number of hydrogen-bond donors (Lipinski definition) is 1. The van der Waals surface area contributed by atoms with Gasteiger partial charge in [-0.1, -0.05) is 24.1 Å². The molecule has 4 nitrogen and oxygen atoms in total. The van der Waals surface area contributed by atoms with Crippen LogP contribution >= 0.6 is 11.6 Å². The number of benzene rings is 1. The molecule has 1 amide bonds. The summed E-state index contributed by atoms with van der Waals surface area (Å²) in [5, 5.41) is 3.41. The van der Waals surface area contributed by atoms with Gasteiger partial charge in [0.1, 0.15) is 6.29 Å². The molecular formula is C15H19ClN2O2. The predicted octanol–water partition coefficient (Wildman–Crippen LogP) is 2.72. The van der Waals surface area contributed by atoms with Crippen molar-refractivity contribution in [1.82, 2.24) is 4.90 Å². The third-order valence-corrected chi connectivity index (χ3v) is 3.79. The summed E-state index contributed by atoms with van der Waals surface area (Å²) in [5.41, 5.74) is 0.702. The average molecular weight is 295 g/mol. The fourth-order valence-corrected chi connectivity index (χ4v) is 2.67. The predicted molar refractivity (Wildman–Crippen MR) is 80.0 cm³/mol. The lowest BCUT2D eigenvalue weighted by Crippen LogP contribution is -2.41. The third-order valence-electron chi connectivity index (χ3n) is 3.56. The molecule has 0 saturated carbocycles. The summed E-state index contributed by atoms with van der Waals surface area (Å²) in [6, 6.07) is 7.06. The van der Waals surface area contributed by atoms with Gasteiger partial charge in [0.25, 0.3) is 0 Å². The minimum Gasteiger partial charge on any atom is -0.326 e. The van der Waals surface area contributed by atoms with Gasteiger partial charge in [0.05, 0.1) is 6.04 Å². The van der Waals surface area contributed by atoms with E-state index in [2.05, 4.69) is 10.2 Å². The Balaban J connectivity index is 1.81. The molecule has 0 bridgehead atoms. The average Bonchev–Trinajstić information content (AvgIpc) is 2.45. The van der Waals surface area contributed by atoms with Crippen LogP contribution in [0.1, 0.15) is 25.7 Å². The molecule has 1 fully saturated rings. The molecule has 1 aliphatic rings. The minimum atomic E-state index is -0.0533. The summed E-state index contributed by atoms with van der Waals surface area (Å²) in [7, 11) is 0. The first kappa shape index (κ1) is 15.0. The van der Waals surface area contributed by atoms with E-state index in [0.29, 0.717) is 23.7 Å². The maximum atomic E-state index is 11.9. The molecule has 0 aromatic heterocycles. The summed E-state index contributed by atoms with van der Waals surface area (Å²) in [4.78, 5) is 25.0. The Labute approximate surface area is 124 Å². The van der Waals surface area contributed by atoms with Gasteiger partial charge in [-0.15, -0.1) is 0 Å². The van der Waals surface area contributed by atoms with E-state index in [1.54, 1.807) is 24.3 Å². The highest BCUT2D eigenvalue weighted by Gasteiger charge is 2.21. The molecule has 0 radical (unpaired) electrons. The topological polar surface area (TPSA) is 49.4 Å². The van der Waals surface area contributed by atoms with Gasteiger partial charge >= 0.3 is 0 Å². The van der Waals surface area contributed by atoms with Crippen LogP contribution in [0.5, 0.6) is 0 Å². The van der Waals surface area contributed by atoms with Crippen LogP contribution in [0, 0.1) is 0 Å². The molecule has 5 heteroatoms. The molecule has 20 heavy (non-hydrogen) atoms. The van der Waals surface area contributed by atoms with Gasteiger partial charge in [0.15, 0.2) is 0 Å². The van der Waals surface area contributed by atoms with Crippen LogP contribution in [-0.4, -0.2) is 36.2 Å². The van der Waals surface area contributed by atoms with Gasteiger partial charge in [0.2, 0.25) is 5.91 Å². The fraction of sp³-hybridized carbons (Fsp3) is 0.467. The van der Waals surface area contributed by atoms with Crippen LogP contribution in [0.15, 0.2) is 24.3 Å². The number of piperidine rings is 1. The quantitative estimate of drug-likeness (QED) is 0.850. The lowest BCUT2D eigenvalue weighted by atomic mass is 10.0. The van der Waals surface area contributed by atoms with E-state index in [1.165, 1.54) is 0 Å². The van der Waals surface area contributed by atoms with Gasteiger partial charge in [-0.25, -0.2) is 0 Å². The Morgan fingerprint density at radius 3 is 3.05 bits per heavy atom. The molecule has 2 rings (SSSR count). The van der Waals surface area contributed by atoms with Crippen molar-refractivity contribution < 1.29 is 9.59 Å². The molecule has 108 valence electrons. The largest absolute Gasteiger partial charge is 0.326 e. The highest BCUT2D eigenvalue weighted by molar-refractivity contribution is 6.30. The number of carbonyl (C=O) groups excluding carboxylic acids is 2. The second-order valence-electron chi connectivity index (χ2n) is 5.04. The summed E-state index contributed by atoms with van der Waals surface area (Å²) < 4.78 is 0. The van der Waals surface area contributed by atoms with Crippen LogP contribution in [0.25, 0.3) is 0 Å². The number of rotatable bonds is 5. The standard InChI is InChI=1S/C15H19ClN2O2/c16-12-4-3-5-13(10-12)17-15(20)7-9-18-8-2-1-6-14(18)11-19/h3-5,10-11,14H,1-2,6-9H2,(H,17,20). The van der Waals surface area contributed by atoms with Crippen LogP contribution in [-0.2, 0) is 9.59 Å². The molecule has 1 unspecified atom stereocenters. The molecular weight excluding hydrogens is 276 g/mol.